The second-order valence-corrected chi connectivity index (χ2v) is 5.85. The zero-order valence-electron chi connectivity index (χ0n) is 11.2. The Morgan fingerprint density at radius 3 is 2.89 bits per heavy atom. The van der Waals surface area contributed by atoms with Crippen LogP contribution in [0.3, 0.4) is 0 Å². The SMILES string of the molecule is CC(C)(C)CC(N)CNc1ccn2nccc2n1. The Bertz CT molecular complexity index is 511. The maximum absolute atomic E-state index is 6.09. The second kappa shape index (κ2) is 4.94. The zero-order valence-corrected chi connectivity index (χ0v) is 11.2. The molecule has 0 radical (unpaired) electrons. The van der Waals surface area contributed by atoms with Gasteiger partial charge in [-0.3, -0.25) is 0 Å². The van der Waals surface area contributed by atoms with Crippen LogP contribution in [0.1, 0.15) is 27.2 Å². The lowest BCUT2D eigenvalue weighted by Crippen LogP contribution is -2.33. The summed E-state index contributed by atoms with van der Waals surface area (Å²) in [5, 5.41) is 7.38. The molecule has 5 heteroatoms. The van der Waals surface area contributed by atoms with Gasteiger partial charge in [0.05, 0.1) is 6.20 Å². The van der Waals surface area contributed by atoms with Crippen molar-refractivity contribution in [3.63, 3.8) is 0 Å². The fourth-order valence-electron chi connectivity index (χ4n) is 2.01. The zero-order chi connectivity index (χ0) is 13.2. The molecule has 2 rings (SSSR count). The van der Waals surface area contributed by atoms with Crippen molar-refractivity contribution < 1.29 is 0 Å². The first kappa shape index (κ1) is 12.8. The van der Waals surface area contributed by atoms with E-state index in [9.17, 15) is 0 Å². The van der Waals surface area contributed by atoms with Gasteiger partial charge in [-0.05, 0) is 17.9 Å². The van der Waals surface area contributed by atoms with Gasteiger partial charge in [0.15, 0.2) is 5.65 Å². The maximum atomic E-state index is 6.09. The molecule has 0 saturated heterocycles. The van der Waals surface area contributed by atoms with Gasteiger partial charge in [0.25, 0.3) is 0 Å². The van der Waals surface area contributed by atoms with Gasteiger partial charge >= 0.3 is 0 Å². The van der Waals surface area contributed by atoms with E-state index in [1.807, 2.05) is 18.3 Å². The Balaban J connectivity index is 1.93. The molecule has 0 aliphatic carbocycles. The van der Waals surface area contributed by atoms with Crippen LogP contribution in [0.5, 0.6) is 0 Å². The highest BCUT2D eigenvalue weighted by Gasteiger charge is 2.15. The van der Waals surface area contributed by atoms with Crippen molar-refractivity contribution in [2.75, 3.05) is 11.9 Å². The monoisotopic (exact) mass is 247 g/mol. The number of anilines is 1. The van der Waals surface area contributed by atoms with E-state index in [-0.39, 0.29) is 11.5 Å². The minimum absolute atomic E-state index is 0.132. The van der Waals surface area contributed by atoms with Crippen molar-refractivity contribution in [3.05, 3.63) is 24.5 Å². The number of rotatable bonds is 4. The van der Waals surface area contributed by atoms with E-state index in [0.717, 1.165) is 24.4 Å². The van der Waals surface area contributed by atoms with Crippen LogP contribution in [-0.4, -0.2) is 27.2 Å². The average Bonchev–Trinajstić information content (AvgIpc) is 2.71. The molecule has 0 amide bonds. The Labute approximate surface area is 107 Å². The van der Waals surface area contributed by atoms with Gasteiger partial charge in [-0.25, -0.2) is 9.50 Å². The van der Waals surface area contributed by atoms with Crippen LogP contribution >= 0.6 is 0 Å². The minimum atomic E-state index is 0.132. The summed E-state index contributed by atoms with van der Waals surface area (Å²) in [5.41, 5.74) is 7.18. The third-order valence-electron chi connectivity index (χ3n) is 2.68. The molecule has 0 aromatic carbocycles. The third-order valence-corrected chi connectivity index (χ3v) is 2.68. The number of nitrogens with zero attached hydrogens (tertiary/aromatic N) is 3. The molecule has 98 valence electrons. The summed E-state index contributed by atoms with van der Waals surface area (Å²) in [6, 6.07) is 3.91. The molecule has 0 saturated carbocycles. The first-order valence-electron chi connectivity index (χ1n) is 6.24. The first-order chi connectivity index (χ1) is 8.44. The predicted octanol–water partition coefficient (Wildman–Crippen LogP) is 1.90. The van der Waals surface area contributed by atoms with Crippen LogP contribution in [0.4, 0.5) is 5.82 Å². The summed E-state index contributed by atoms with van der Waals surface area (Å²) in [5.74, 6) is 0.840. The van der Waals surface area contributed by atoms with Gasteiger partial charge in [0.2, 0.25) is 0 Å². The van der Waals surface area contributed by atoms with Gasteiger partial charge < -0.3 is 11.1 Å². The highest BCUT2D eigenvalue weighted by atomic mass is 15.2. The predicted molar refractivity (Wildman–Crippen MR) is 73.5 cm³/mol. The Kier molecular flexibility index (Phi) is 3.52. The van der Waals surface area contributed by atoms with Gasteiger partial charge in [0.1, 0.15) is 5.82 Å². The van der Waals surface area contributed by atoms with Crippen LogP contribution in [0.15, 0.2) is 24.5 Å². The molecule has 2 aromatic heterocycles. The molecule has 1 atom stereocenters. The highest BCUT2D eigenvalue weighted by Crippen LogP contribution is 2.20. The summed E-state index contributed by atoms with van der Waals surface area (Å²) < 4.78 is 1.74. The molecule has 3 N–H and O–H groups in total. The molecule has 1 unspecified atom stereocenters. The minimum Gasteiger partial charge on any atom is -0.368 e. The second-order valence-electron chi connectivity index (χ2n) is 5.85. The van der Waals surface area contributed by atoms with Crippen LogP contribution in [0.2, 0.25) is 0 Å². The summed E-state index contributed by atoms with van der Waals surface area (Å²) in [7, 11) is 0. The normalized spacial score (nSPS) is 13.8. The average molecular weight is 247 g/mol. The van der Waals surface area contributed by atoms with Gasteiger partial charge in [-0.15, -0.1) is 0 Å². The molecular formula is C13H21N5. The topological polar surface area (TPSA) is 68.2 Å². The van der Waals surface area contributed by atoms with E-state index in [1.54, 1.807) is 10.7 Å². The van der Waals surface area contributed by atoms with Crippen LogP contribution in [0.25, 0.3) is 5.65 Å². The Morgan fingerprint density at radius 1 is 1.39 bits per heavy atom. The lowest BCUT2D eigenvalue weighted by Gasteiger charge is -2.23. The van der Waals surface area contributed by atoms with Crippen molar-refractivity contribution in [1.29, 1.82) is 0 Å². The maximum Gasteiger partial charge on any atom is 0.157 e. The van der Waals surface area contributed by atoms with E-state index in [2.05, 4.69) is 36.2 Å². The standard InChI is InChI=1S/C13H21N5/c1-13(2,3)8-10(14)9-15-11-5-7-18-12(17-11)4-6-16-18/h4-7,10H,8-9,14H2,1-3H3,(H,15,17). The largest absolute Gasteiger partial charge is 0.368 e. The number of nitrogens with two attached hydrogens (primary N) is 1. The van der Waals surface area contributed by atoms with E-state index in [4.69, 9.17) is 5.73 Å². The molecule has 2 heterocycles. The van der Waals surface area contributed by atoms with Crippen LogP contribution in [0, 0.1) is 5.41 Å². The number of aromatic nitrogens is 3. The van der Waals surface area contributed by atoms with Crippen LogP contribution < -0.4 is 11.1 Å². The molecule has 0 aliphatic heterocycles. The fourth-order valence-corrected chi connectivity index (χ4v) is 2.01. The lowest BCUT2D eigenvalue weighted by atomic mass is 9.88. The van der Waals surface area contributed by atoms with Gasteiger partial charge in [0, 0.05) is 24.8 Å². The first-order valence-corrected chi connectivity index (χ1v) is 6.24. The van der Waals surface area contributed by atoms with Crippen LogP contribution in [-0.2, 0) is 0 Å². The van der Waals surface area contributed by atoms with Crippen molar-refractivity contribution in [1.82, 2.24) is 14.6 Å². The Hall–Kier alpha value is -1.62. The van der Waals surface area contributed by atoms with E-state index in [1.165, 1.54) is 0 Å². The van der Waals surface area contributed by atoms with Gasteiger partial charge in [-0.1, -0.05) is 20.8 Å². The molecule has 0 aliphatic rings. The number of hydrogen-bond donors (Lipinski definition) is 2. The molecule has 2 aromatic rings. The molecule has 0 spiro atoms. The van der Waals surface area contributed by atoms with Crippen molar-refractivity contribution in [3.8, 4) is 0 Å². The summed E-state index contributed by atoms with van der Waals surface area (Å²) in [6.45, 7) is 7.32. The Morgan fingerprint density at radius 2 is 2.17 bits per heavy atom. The highest BCUT2D eigenvalue weighted by molar-refractivity contribution is 5.45. The molecule has 5 nitrogen and oxygen atoms in total. The molecule has 0 bridgehead atoms. The van der Waals surface area contributed by atoms with Crippen molar-refractivity contribution in [2.24, 2.45) is 11.1 Å². The molecular weight excluding hydrogens is 226 g/mol. The summed E-state index contributed by atoms with van der Waals surface area (Å²) >= 11 is 0. The molecule has 0 fully saturated rings. The number of hydrogen-bond acceptors (Lipinski definition) is 4. The van der Waals surface area contributed by atoms with Gasteiger partial charge in [-0.2, -0.15) is 5.10 Å². The summed E-state index contributed by atoms with van der Waals surface area (Å²) in [6.07, 6.45) is 4.60. The summed E-state index contributed by atoms with van der Waals surface area (Å²) in [4.78, 5) is 4.44. The van der Waals surface area contributed by atoms with Crippen molar-refractivity contribution in [2.45, 2.75) is 33.2 Å². The van der Waals surface area contributed by atoms with E-state index < -0.39 is 0 Å². The fraction of sp³-hybridized carbons (Fsp3) is 0.538. The number of fused-ring (bicyclic) bond motifs is 1. The van der Waals surface area contributed by atoms with Crippen molar-refractivity contribution >= 4 is 11.5 Å². The van der Waals surface area contributed by atoms with E-state index in [0.29, 0.717) is 0 Å². The third kappa shape index (κ3) is 3.43. The lowest BCUT2D eigenvalue weighted by molar-refractivity contribution is 0.344. The smallest absolute Gasteiger partial charge is 0.157 e. The molecule has 18 heavy (non-hydrogen) atoms. The van der Waals surface area contributed by atoms with E-state index >= 15 is 0 Å². The number of nitrogens with one attached hydrogen (secondary N) is 1. The quantitative estimate of drug-likeness (QED) is 0.866.